The first-order valence-electron chi connectivity index (χ1n) is 7.62. The second kappa shape index (κ2) is 6.27. The predicted octanol–water partition coefficient (Wildman–Crippen LogP) is 1.16. The highest BCUT2D eigenvalue weighted by Gasteiger charge is 2.35. The molecule has 1 saturated heterocycles. The van der Waals surface area contributed by atoms with Crippen LogP contribution in [0.3, 0.4) is 0 Å². The summed E-state index contributed by atoms with van der Waals surface area (Å²) in [5.74, 6) is 1.46. The smallest absolute Gasteiger partial charge is 0.266 e. The average Bonchev–Trinajstić information content (AvgIpc) is 2.60. The van der Waals surface area contributed by atoms with Crippen molar-refractivity contribution in [3.05, 3.63) is 18.2 Å². The highest BCUT2D eigenvalue weighted by molar-refractivity contribution is 7.89. The van der Waals surface area contributed by atoms with Gasteiger partial charge in [-0.3, -0.25) is 4.99 Å². The van der Waals surface area contributed by atoms with Gasteiger partial charge in [-0.15, -0.1) is 0 Å². The minimum Gasteiger partial charge on any atom is -0.493 e. The number of aliphatic imine (C=N–C) groups is 1. The van der Waals surface area contributed by atoms with Crippen molar-refractivity contribution in [2.24, 2.45) is 4.99 Å². The van der Waals surface area contributed by atoms with Crippen LogP contribution in [0.15, 0.2) is 28.1 Å². The molecule has 0 unspecified atom stereocenters. The molecule has 1 fully saturated rings. The van der Waals surface area contributed by atoms with Crippen LogP contribution in [0.1, 0.15) is 12.8 Å². The number of hydrogen-bond donors (Lipinski definition) is 0. The molecule has 0 spiro atoms. The van der Waals surface area contributed by atoms with E-state index >= 15 is 0 Å². The van der Waals surface area contributed by atoms with E-state index in [4.69, 9.17) is 9.47 Å². The van der Waals surface area contributed by atoms with Crippen LogP contribution < -0.4 is 9.47 Å². The molecule has 0 amide bonds. The summed E-state index contributed by atoms with van der Waals surface area (Å²) in [5.41, 5.74) is 0. The SMILES string of the molecule is COc1ccc(S(=O)(=O)N2CCCN3CCCN=C32)cc1OC. The summed E-state index contributed by atoms with van der Waals surface area (Å²) < 4.78 is 37.9. The zero-order chi connectivity index (χ0) is 16.4. The number of rotatable bonds is 4. The lowest BCUT2D eigenvalue weighted by atomic mass is 10.2. The maximum atomic E-state index is 13.0. The van der Waals surface area contributed by atoms with Gasteiger partial charge < -0.3 is 14.4 Å². The number of nitrogens with zero attached hydrogens (tertiary/aromatic N) is 3. The number of ether oxygens (including phenoxy) is 2. The summed E-state index contributed by atoms with van der Waals surface area (Å²) >= 11 is 0. The van der Waals surface area contributed by atoms with E-state index in [-0.39, 0.29) is 4.90 Å². The predicted molar refractivity (Wildman–Crippen MR) is 86.5 cm³/mol. The van der Waals surface area contributed by atoms with Gasteiger partial charge in [0.05, 0.1) is 19.1 Å². The highest BCUT2D eigenvalue weighted by Crippen LogP contribution is 2.31. The van der Waals surface area contributed by atoms with Crippen LogP contribution in [0.2, 0.25) is 0 Å². The topological polar surface area (TPSA) is 71.4 Å². The second-order valence-electron chi connectivity index (χ2n) is 5.47. The van der Waals surface area contributed by atoms with E-state index in [9.17, 15) is 8.42 Å². The Morgan fingerprint density at radius 2 is 1.78 bits per heavy atom. The zero-order valence-corrected chi connectivity index (χ0v) is 14.2. The van der Waals surface area contributed by atoms with Crippen molar-refractivity contribution in [3.63, 3.8) is 0 Å². The summed E-state index contributed by atoms with van der Waals surface area (Å²) in [7, 11) is -0.657. The van der Waals surface area contributed by atoms with Crippen LogP contribution in [0.5, 0.6) is 11.5 Å². The number of hydrogen-bond acceptors (Lipinski definition) is 6. The first-order chi connectivity index (χ1) is 11.1. The molecule has 2 aliphatic heterocycles. The fourth-order valence-electron chi connectivity index (χ4n) is 2.93. The summed E-state index contributed by atoms with van der Waals surface area (Å²) in [5, 5.41) is 0. The summed E-state index contributed by atoms with van der Waals surface area (Å²) in [6.45, 7) is 2.84. The van der Waals surface area contributed by atoms with Crippen molar-refractivity contribution in [2.45, 2.75) is 17.7 Å². The van der Waals surface area contributed by atoms with Crippen molar-refractivity contribution in [3.8, 4) is 11.5 Å². The van der Waals surface area contributed by atoms with Gasteiger partial charge in [-0.05, 0) is 25.0 Å². The molecular formula is C15H21N3O4S. The van der Waals surface area contributed by atoms with Crippen molar-refractivity contribution in [1.29, 1.82) is 0 Å². The van der Waals surface area contributed by atoms with E-state index in [1.54, 1.807) is 12.1 Å². The van der Waals surface area contributed by atoms with Gasteiger partial charge in [0.2, 0.25) is 5.96 Å². The van der Waals surface area contributed by atoms with Gasteiger partial charge in [0, 0.05) is 32.2 Å². The Kier molecular flexibility index (Phi) is 4.34. The molecule has 7 nitrogen and oxygen atoms in total. The average molecular weight is 339 g/mol. The molecule has 0 atom stereocenters. The van der Waals surface area contributed by atoms with Crippen LogP contribution in [0.25, 0.3) is 0 Å². The van der Waals surface area contributed by atoms with Crippen LogP contribution in [-0.4, -0.2) is 64.0 Å². The van der Waals surface area contributed by atoms with Crippen molar-refractivity contribution >= 4 is 16.0 Å². The van der Waals surface area contributed by atoms with Gasteiger partial charge in [0.15, 0.2) is 11.5 Å². The Morgan fingerprint density at radius 3 is 2.52 bits per heavy atom. The van der Waals surface area contributed by atoms with Crippen LogP contribution >= 0.6 is 0 Å². The molecular weight excluding hydrogens is 318 g/mol. The van der Waals surface area contributed by atoms with Crippen LogP contribution in [0.4, 0.5) is 0 Å². The molecule has 2 heterocycles. The quantitative estimate of drug-likeness (QED) is 0.823. The minimum atomic E-state index is -3.66. The third-order valence-electron chi connectivity index (χ3n) is 4.08. The Labute approximate surface area is 136 Å². The first kappa shape index (κ1) is 15.9. The normalized spacial score (nSPS) is 18.3. The van der Waals surface area contributed by atoms with Gasteiger partial charge in [-0.2, -0.15) is 0 Å². The molecule has 0 saturated carbocycles. The highest BCUT2D eigenvalue weighted by atomic mass is 32.2. The molecule has 2 aliphatic rings. The second-order valence-corrected chi connectivity index (χ2v) is 7.33. The summed E-state index contributed by atoms with van der Waals surface area (Å²) in [6.07, 6.45) is 1.76. The van der Waals surface area contributed by atoms with Gasteiger partial charge in [-0.1, -0.05) is 0 Å². The molecule has 0 bridgehead atoms. The Morgan fingerprint density at radius 1 is 1.04 bits per heavy atom. The molecule has 126 valence electrons. The largest absolute Gasteiger partial charge is 0.493 e. The van der Waals surface area contributed by atoms with Gasteiger partial charge in [-0.25, -0.2) is 12.7 Å². The monoisotopic (exact) mass is 339 g/mol. The molecule has 0 aliphatic carbocycles. The van der Waals surface area contributed by atoms with E-state index in [2.05, 4.69) is 4.99 Å². The van der Waals surface area contributed by atoms with Gasteiger partial charge >= 0.3 is 0 Å². The minimum absolute atomic E-state index is 0.185. The lowest BCUT2D eigenvalue weighted by Gasteiger charge is -2.40. The van der Waals surface area contributed by atoms with E-state index in [0.717, 1.165) is 25.9 Å². The van der Waals surface area contributed by atoms with E-state index in [0.29, 0.717) is 30.5 Å². The molecule has 23 heavy (non-hydrogen) atoms. The lowest BCUT2D eigenvalue weighted by Crippen LogP contribution is -2.54. The van der Waals surface area contributed by atoms with Crippen molar-refractivity contribution in [2.75, 3.05) is 40.4 Å². The number of fused-ring (bicyclic) bond motifs is 1. The molecule has 8 heteroatoms. The Bertz CT molecular complexity index is 717. The fraction of sp³-hybridized carbons (Fsp3) is 0.533. The number of benzene rings is 1. The summed E-state index contributed by atoms with van der Waals surface area (Å²) in [6, 6.07) is 4.64. The Balaban J connectivity index is 1.99. The third-order valence-corrected chi connectivity index (χ3v) is 5.85. The van der Waals surface area contributed by atoms with E-state index in [1.165, 1.54) is 24.6 Å². The van der Waals surface area contributed by atoms with Crippen LogP contribution in [-0.2, 0) is 10.0 Å². The van der Waals surface area contributed by atoms with Gasteiger partial charge in [0.1, 0.15) is 0 Å². The first-order valence-corrected chi connectivity index (χ1v) is 9.06. The van der Waals surface area contributed by atoms with E-state index in [1.807, 2.05) is 4.90 Å². The molecule has 1 aromatic carbocycles. The molecule has 0 aromatic heterocycles. The fourth-order valence-corrected chi connectivity index (χ4v) is 4.43. The molecule has 0 N–H and O–H groups in total. The number of methoxy groups -OCH3 is 2. The molecule has 1 aromatic rings. The zero-order valence-electron chi connectivity index (χ0n) is 13.4. The number of sulfonamides is 1. The Hall–Kier alpha value is -1.96. The van der Waals surface area contributed by atoms with Crippen molar-refractivity contribution < 1.29 is 17.9 Å². The standard InChI is InChI=1S/C15H21N3O4S/c1-21-13-6-5-12(11-14(13)22-2)23(19,20)18-10-4-9-17-8-3-7-16-15(17)18/h5-6,11H,3-4,7-10H2,1-2H3. The van der Waals surface area contributed by atoms with Crippen LogP contribution in [0, 0.1) is 0 Å². The summed E-state index contributed by atoms with van der Waals surface area (Å²) in [4.78, 5) is 6.67. The third kappa shape index (κ3) is 2.83. The number of guanidine groups is 1. The molecule has 3 rings (SSSR count). The van der Waals surface area contributed by atoms with Crippen molar-refractivity contribution in [1.82, 2.24) is 9.21 Å². The van der Waals surface area contributed by atoms with E-state index < -0.39 is 10.0 Å². The maximum absolute atomic E-state index is 13.0. The van der Waals surface area contributed by atoms with Gasteiger partial charge in [0.25, 0.3) is 10.0 Å². The molecule has 0 radical (unpaired) electrons. The lowest BCUT2D eigenvalue weighted by molar-refractivity contribution is 0.298. The maximum Gasteiger partial charge on any atom is 0.266 e.